The first kappa shape index (κ1) is 21.5. The lowest BCUT2D eigenvalue weighted by molar-refractivity contribution is 0.0651. The Morgan fingerprint density at radius 2 is 1.60 bits per heavy atom. The predicted octanol–water partition coefficient (Wildman–Crippen LogP) is 3.22. The van der Waals surface area contributed by atoms with Crippen molar-refractivity contribution in [3.05, 3.63) is 52.2 Å². The third-order valence-electron chi connectivity index (χ3n) is 5.62. The highest BCUT2D eigenvalue weighted by Crippen LogP contribution is 2.30. The van der Waals surface area contributed by atoms with E-state index in [0.29, 0.717) is 44.6 Å². The number of nitrogens with zero attached hydrogens (tertiary/aromatic N) is 2. The van der Waals surface area contributed by atoms with E-state index in [-0.39, 0.29) is 27.4 Å². The van der Waals surface area contributed by atoms with Gasteiger partial charge in [0.2, 0.25) is 10.0 Å². The van der Waals surface area contributed by atoms with E-state index in [1.165, 1.54) is 15.6 Å². The summed E-state index contributed by atoms with van der Waals surface area (Å²) in [7, 11) is -3.66. The van der Waals surface area contributed by atoms with Crippen LogP contribution in [0.3, 0.4) is 0 Å². The standard InChI is InChI=1S/C21H24N2O4S3/c24-19(16-4-2-1-3-5-16)17-6-9-22(10-7-17)21(25)20-18(8-13-29-20)30(26,27)23-11-14-28-15-12-23/h1-5,8,13,17H,6-7,9-12,14-15H2. The highest BCUT2D eigenvalue weighted by Gasteiger charge is 2.34. The molecule has 9 heteroatoms. The number of sulfonamides is 1. The Kier molecular flexibility index (Phi) is 6.62. The van der Waals surface area contributed by atoms with Gasteiger partial charge in [0.25, 0.3) is 5.91 Å². The van der Waals surface area contributed by atoms with Crippen LogP contribution >= 0.6 is 23.1 Å². The summed E-state index contributed by atoms with van der Waals surface area (Å²) in [6.45, 7) is 1.87. The molecule has 4 rings (SSSR count). The van der Waals surface area contributed by atoms with Crippen LogP contribution in [0.25, 0.3) is 0 Å². The van der Waals surface area contributed by atoms with Gasteiger partial charge in [0.1, 0.15) is 9.77 Å². The van der Waals surface area contributed by atoms with E-state index in [9.17, 15) is 18.0 Å². The van der Waals surface area contributed by atoms with Gasteiger partial charge in [-0.15, -0.1) is 11.3 Å². The molecule has 2 saturated heterocycles. The van der Waals surface area contributed by atoms with Gasteiger partial charge in [0, 0.05) is 49.2 Å². The van der Waals surface area contributed by atoms with E-state index in [1.54, 1.807) is 28.1 Å². The van der Waals surface area contributed by atoms with E-state index in [1.807, 2.05) is 30.3 Å². The molecule has 1 aromatic heterocycles. The minimum absolute atomic E-state index is 0.103. The van der Waals surface area contributed by atoms with Gasteiger partial charge >= 0.3 is 0 Å². The number of hydrogen-bond acceptors (Lipinski definition) is 6. The average molecular weight is 465 g/mol. The maximum Gasteiger partial charge on any atom is 0.265 e. The summed E-state index contributed by atoms with van der Waals surface area (Å²) in [6, 6.07) is 10.8. The van der Waals surface area contributed by atoms with Crippen molar-refractivity contribution in [3.63, 3.8) is 0 Å². The quantitative estimate of drug-likeness (QED) is 0.635. The first-order valence-electron chi connectivity index (χ1n) is 10.0. The van der Waals surface area contributed by atoms with E-state index in [4.69, 9.17) is 0 Å². The number of benzene rings is 1. The second kappa shape index (κ2) is 9.21. The zero-order valence-electron chi connectivity index (χ0n) is 16.5. The summed E-state index contributed by atoms with van der Waals surface area (Å²) in [6.07, 6.45) is 1.19. The molecule has 0 radical (unpaired) electrons. The van der Waals surface area contributed by atoms with Gasteiger partial charge in [-0.1, -0.05) is 30.3 Å². The molecule has 0 saturated carbocycles. The van der Waals surface area contributed by atoms with Crippen molar-refractivity contribution in [2.24, 2.45) is 5.92 Å². The van der Waals surface area contributed by atoms with E-state index >= 15 is 0 Å². The fourth-order valence-electron chi connectivity index (χ4n) is 3.91. The number of ketones is 1. The Labute approximate surface area is 185 Å². The highest BCUT2D eigenvalue weighted by molar-refractivity contribution is 7.99. The number of rotatable bonds is 5. The number of piperidine rings is 1. The molecular formula is C21H24N2O4S3. The largest absolute Gasteiger partial charge is 0.338 e. The van der Waals surface area contributed by atoms with Crippen LogP contribution in [-0.4, -0.2) is 67.0 Å². The van der Waals surface area contributed by atoms with Crippen molar-refractivity contribution in [1.29, 1.82) is 0 Å². The molecule has 2 fully saturated rings. The lowest BCUT2D eigenvalue weighted by Crippen LogP contribution is -2.41. The summed E-state index contributed by atoms with van der Waals surface area (Å²) in [5.74, 6) is 1.31. The van der Waals surface area contributed by atoms with Crippen molar-refractivity contribution in [1.82, 2.24) is 9.21 Å². The van der Waals surface area contributed by atoms with Gasteiger partial charge in [-0.05, 0) is 24.3 Å². The number of hydrogen-bond donors (Lipinski definition) is 0. The molecule has 6 nitrogen and oxygen atoms in total. The summed E-state index contributed by atoms with van der Waals surface area (Å²) < 4.78 is 27.6. The number of Topliss-reactive ketones (excluding diaryl/α,β-unsaturated/α-hetero) is 1. The number of carbonyl (C=O) groups is 2. The first-order chi connectivity index (χ1) is 14.5. The molecule has 0 atom stereocenters. The molecule has 1 aromatic carbocycles. The van der Waals surface area contributed by atoms with Gasteiger partial charge in [-0.2, -0.15) is 16.1 Å². The maximum absolute atomic E-state index is 13.1. The van der Waals surface area contributed by atoms with Crippen LogP contribution in [-0.2, 0) is 10.0 Å². The minimum Gasteiger partial charge on any atom is -0.338 e. The minimum atomic E-state index is -3.66. The predicted molar refractivity (Wildman–Crippen MR) is 120 cm³/mol. The summed E-state index contributed by atoms with van der Waals surface area (Å²) in [5.41, 5.74) is 0.702. The molecule has 0 spiro atoms. The van der Waals surface area contributed by atoms with Crippen LogP contribution in [0, 0.1) is 5.92 Å². The van der Waals surface area contributed by atoms with Crippen LogP contribution in [0.5, 0.6) is 0 Å². The van der Waals surface area contributed by atoms with Crippen LogP contribution in [0.15, 0.2) is 46.7 Å². The fraction of sp³-hybridized carbons (Fsp3) is 0.429. The third kappa shape index (κ3) is 4.34. The van der Waals surface area contributed by atoms with Crippen LogP contribution in [0.4, 0.5) is 0 Å². The van der Waals surface area contributed by atoms with E-state index in [2.05, 4.69) is 0 Å². The smallest absolute Gasteiger partial charge is 0.265 e. The van der Waals surface area contributed by atoms with Crippen LogP contribution in [0.2, 0.25) is 0 Å². The third-order valence-corrected chi connectivity index (χ3v) is 9.54. The Bertz CT molecular complexity index is 1010. The van der Waals surface area contributed by atoms with E-state index in [0.717, 1.165) is 11.5 Å². The second-order valence-corrected chi connectivity index (χ2v) is 11.5. The van der Waals surface area contributed by atoms with E-state index < -0.39 is 10.0 Å². The molecule has 2 aromatic rings. The molecule has 0 unspecified atom stereocenters. The topological polar surface area (TPSA) is 74.8 Å². The van der Waals surface area contributed by atoms with Gasteiger partial charge in [0.05, 0.1) is 0 Å². The number of thioether (sulfide) groups is 1. The van der Waals surface area contributed by atoms with Gasteiger partial charge in [0.15, 0.2) is 5.78 Å². The molecule has 0 N–H and O–H groups in total. The van der Waals surface area contributed by atoms with Crippen LogP contribution < -0.4 is 0 Å². The maximum atomic E-state index is 13.1. The summed E-state index contributed by atoms with van der Waals surface area (Å²) in [5, 5.41) is 1.67. The van der Waals surface area contributed by atoms with Gasteiger partial charge < -0.3 is 4.90 Å². The average Bonchev–Trinajstić information content (AvgIpc) is 3.30. The first-order valence-corrected chi connectivity index (χ1v) is 13.5. The van der Waals surface area contributed by atoms with Crippen molar-refractivity contribution < 1.29 is 18.0 Å². The molecular weight excluding hydrogens is 440 g/mol. The molecule has 1 amide bonds. The Morgan fingerprint density at radius 3 is 2.27 bits per heavy atom. The monoisotopic (exact) mass is 464 g/mol. The number of amides is 1. The Morgan fingerprint density at radius 1 is 0.933 bits per heavy atom. The molecule has 160 valence electrons. The Hall–Kier alpha value is -1.68. The SMILES string of the molecule is O=C(c1ccccc1)C1CCN(C(=O)c2sccc2S(=O)(=O)N2CCSCC2)CC1. The molecule has 2 aliphatic rings. The highest BCUT2D eigenvalue weighted by atomic mass is 32.2. The van der Waals surface area contributed by atoms with Crippen molar-refractivity contribution >= 4 is 44.8 Å². The lowest BCUT2D eigenvalue weighted by atomic mass is 9.89. The zero-order chi connectivity index (χ0) is 21.1. The second-order valence-electron chi connectivity index (χ2n) is 7.43. The van der Waals surface area contributed by atoms with Crippen LogP contribution in [0.1, 0.15) is 32.9 Å². The fourth-order valence-corrected chi connectivity index (χ4v) is 7.85. The zero-order valence-corrected chi connectivity index (χ0v) is 19.0. The molecule has 0 bridgehead atoms. The Balaban J connectivity index is 1.44. The van der Waals surface area contributed by atoms with Crippen molar-refractivity contribution in [3.8, 4) is 0 Å². The lowest BCUT2D eigenvalue weighted by Gasteiger charge is -2.31. The van der Waals surface area contributed by atoms with Crippen molar-refractivity contribution in [2.45, 2.75) is 17.7 Å². The summed E-state index contributed by atoms with van der Waals surface area (Å²) in [4.78, 5) is 27.9. The summed E-state index contributed by atoms with van der Waals surface area (Å²) >= 11 is 2.92. The number of likely N-dealkylation sites (tertiary alicyclic amines) is 1. The molecule has 30 heavy (non-hydrogen) atoms. The molecule has 3 heterocycles. The molecule has 2 aliphatic heterocycles. The van der Waals surface area contributed by atoms with Gasteiger partial charge in [-0.3, -0.25) is 9.59 Å². The number of carbonyl (C=O) groups excluding carboxylic acids is 2. The molecule has 0 aliphatic carbocycles. The van der Waals surface area contributed by atoms with Crippen molar-refractivity contribution in [2.75, 3.05) is 37.7 Å². The normalized spacial score (nSPS) is 19.0. The van der Waals surface area contributed by atoms with Gasteiger partial charge in [-0.25, -0.2) is 8.42 Å². The number of thiophene rings is 1.